The summed E-state index contributed by atoms with van der Waals surface area (Å²) in [6, 6.07) is 0. The molecule has 2 nitrogen and oxygen atoms in total. The van der Waals surface area contributed by atoms with E-state index >= 15 is 0 Å². The number of hydrogen-bond donors (Lipinski definition) is 1. The molecule has 1 rings (SSSR count). The lowest BCUT2D eigenvalue weighted by Crippen LogP contribution is -2.40. The van der Waals surface area contributed by atoms with E-state index in [9.17, 15) is 0 Å². The third-order valence-corrected chi connectivity index (χ3v) is 3.67. The molecule has 96 valence electrons. The van der Waals surface area contributed by atoms with Crippen molar-refractivity contribution >= 4 is 0 Å². The van der Waals surface area contributed by atoms with Gasteiger partial charge in [-0.3, -0.25) is 0 Å². The maximum atomic E-state index is 3.52. The van der Waals surface area contributed by atoms with E-state index in [-0.39, 0.29) is 0 Å². The van der Waals surface area contributed by atoms with Crippen LogP contribution in [0.2, 0.25) is 0 Å². The lowest BCUT2D eigenvalue weighted by Gasteiger charge is -2.34. The summed E-state index contributed by atoms with van der Waals surface area (Å²) >= 11 is 0. The van der Waals surface area contributed by atoms with Gasteiger partial charge in [-0.15, -0.1) is 0 Å². The molecule has 2 heteroatoms. The Kier molecular flexibility index (Phi) is 7.06. The standard InChI is InChI=1S/C14H30N2/c1-4-8-15-10-13(3)11-16-9-6-7-14(5-2)12-16/h13-15H,4-12H2,1-3H3. The molecule has 2 atom stereocenters. The number of rotatable bonds is 7. The summed E-state index contributed by atoms with van der Waals surface area (Å²) in [5, 5.41) is 3.52. The van der Waals surface area contributed by atoms with Crippen molar-refractivity contribution in [3.8, 4) is 0 Å². The predicted octanol–water partition coefficient (Wildman–Crippen LogP) is 2.74. The van der Waals surface area contributed by atoms with Gasteiger partial charge in [0, 0.05) is 13.1 Å². The van der Waals surface area contributed by atoms with Gasteiger partial charge in [-0.05, 0) is 50.7 Å². The largest absolute Gasteiger partial charge is 0.316 e. The molecule has 0 aromatic heterocycles. The molecule has 0 aliphatic carbocycles. The van der Waals surface area contributed by atoms with Crippen molar-refractivity contribution in [1.82, 2.24) is 10.2 Å². The van der Waals surface area contributed by atoms with Gasteiger partial charge in [-0.25, -0.2) is 0 Å². The lowest BCUT2D eigenvalue weighted by atomic mass is 9.95. The summed E-state index contributed by atoms with van der Waals surface area (Å²) in [6.07, 6.45) is 5.47. The molecular formula is C14H30N2. The van der Waals surface area contributed by atoms with Gasteiger partial charge < -0.3 is 10.2 Å². The van der Waals surface area contributed by atoms with Crippen molar-refractivity contribution < 1.29 is 0 Å². The van der Waals surface area contributed by atoms with Gasteiger partial charge in [0.1, 0.15) is 0 Å². The molecule has 0 aromatic rings. The van der Waals surface area contributed by atoms with Crippen LogP contribution in [0.1, 0.15) is 46.5 Å². The van der Waals surface area contributed by atoms with Crippen LogP contribution in [-0.4, -0.2) is 37.6 Å². The van der Waals surface area contributed by atoms with E-state index in [0.29, 0.717) is 0 Å². The summed E-state index contributed by atoms with van der Waals surface area (Å²) < 4.78 is 0. The van der Waals surface area contributed by atoms with Crippen LogP contribution in [0.25, 0.3) is 0 Å². The maximum Gasteiger partial charge on any atom is 0.00193 e. The van der Waals surface area contributed by atoms with Crippen LogP contribution in [0.4, 0.5) is 0 Å². The molecule has 0 saturated carbocycles. The Labute approximate surface area is 102 Å². The van der Waals surface area contributed by atoms with Crippen LogP contribution in [-0.2, 0) is 0 Å². The first kappa shape index (κ1) is 14.0. The summed E-state index contributed by atoms with van der Waals surface area (Å²) in [5.74, 6) is 1.76. The molecule has 1 N–H and O–H groups in total. The van der Waals surface area contributed by atoms with Crippen LogP contribution in [0.3, 0.4) is 0 Å². The zero-order valence-electron chi connectivity index (χ0n) is 11.5. The molecule has 0 aromatic carbocycles. The summed E-state index contributed by atoms with van der Waals surface area (Å²) in [6.45, 7) is 13.2. The van der Waals surface area contributed by atoms with Crippen LogP contribution < -0.4 is 5.32 Å². The number of piperidine rings is 1. The van der Waals surface area contributed by atoms with Crippen molar-refractivity contribution in [3.63, 3.8) is 0 Å². The van der Waals surface area contributed by atoms with Crippen molar-refractivity contribution in [3.05, 3.63) is 0 Å². The van der Waals surface area contributed by atoms with Crippen molar-refractivity contribution in [1.29, 1.82) is 0 Å². The highest BCUT2D eigenvalue weighted by Gasteiger charge is 2.19. The maximum absolute atomic E-state index is 3.52. The summed E-state index contributed by atoms with van der Waals surface area (Å²) in [5.41, 5.74) is 0. The molecule has 1 saturated heterocycles. The van der Waals surface area contributed by atoms with Gasteiger partial charge in [-0.2, -0.15) is 0 Å². The molecule has 1 aliphatic rings. The van der Waals surface area contributed by atoms with E-state index in [4.69, 9.17) is 0 Å². The second kappa shape index (κ2) is 8.08. The minimum Gasteiger partial charge on any atom is -0.316 e. The highest BCUT2D eigenvalue weighted by atomic mass is 15.1. The highest BCUT2D eigenvalue weighted by Crippen LogP contribution is 2.19. The molecule has 0 radical (unpaired) electrons. The van der Waals surface area contributed by atoms with Gasteiger partial charge in [-0.1, -0.05) is 27.2 Å². The van der Waals surface area contributed by atoms with Gasteiger partial charge in [0.25, 0.3) is 0 Å². The molecule has 1 fully saturated rings. The monoisotopic (exact) mass is 226 g/mol. The first-order chi connectivity index (χ1) is 7.76. The van der Waals surface area contributed by atoms with Crippen LogP contribution in [0.15, 0.2) is 0 Å². The van der Waals surface area contributed by atoms with E-state index in [0.717, 1.165) is 11.8 Å². The Morgan fingerprint density at radius 2 is 2.19 bits per heavy atom. The van der Waals surface area contributed by atoms with E-state index in [2.05, 4.69) is 31.0 Å². The highest BCUT2D eigenvalue weighted by molar-refractivity contribution is 4.74. The first-order valence-electron chi connectivity index (χ1n) is 7.19. The molecule has 16 heavy (non-hydrogen) atoms. The fraction of sp³-hybridized carbons (Fsp3) is 1.00. The molecule has 0 amide bonds. The number of nitrogens with zero attached hydrogens (tertiary/aromatic N) is 1. The zero-order valence-corrected chi connectivity index (χ0v) is 11.5. The van der Waals surface area contributed by atoms with Gasteiger partial charge >= 0.3 is 0 Å². The zero-order chi connectivity index (χ0) is 11.8. The molecular weight excluding hydrogens is 196 g/mol. The fourth-order valence-electron chi connectivity index (χ4n) is 2.68. The Hall–Kier alpha value is -0.0800. The van der Waals surface area contributed by atoms with Crippen molar-refractivity contribution in [2.45, 2.75) is 46.5 Å². The Bertz CT molecular complexity index is 170. The SMILES string of the molecule is CCCNCC(C)CN1CCCC(CC)C1. The van der Waals surface area contributed by atoms with Gasteiger partial charge in [0.15, 0.2) is 0 Å². The lowest BCUT2D eigenvalue weighted by molar-refractivity contribution is 0.152. The van der Waals surface area contributed by atoms with Crippen LogP contribution in [0.5, 0.6) is 0 Å². The van der Waals surface area contributed by atoms with E-state index < -0.39 is 0 Å². The van der Waals surface area contributed by atoms with Gasteiger partial charge in [0.05, 0.1) is 0 Å². The first-order valence-corrected chi connectivity index (χ1v) is 7.19. The van der Waals surface area contributed by atoms with E-state index in [1.807, 2.05) is 0 Å². The average Bonchev–Trinajstić information content (AvgIpc) is 2.29. The topological polar surface area (TPSA) is 15.3 Å². The minimum absolute atomic E-state index is 0.794. The van der Waals surface area contributed by atoms with Crippen molar-refractivity contribution in [2.24, 2.45) is 11.8 Å². The Morgan fingerprint density at radius 1 is 1.38 bits per heavy atom. The second-order valence-electron chi connectivity index (χ2n) is 5.49. The summed E-state index contributed by atoms with van der Waals surface area (Å²) in [7, 11) is 0. The molecule has 0 spiro atoms. The van der Waals surface area contributed by atoms with Gasteiger partial charge in [0.2, 0.25) is 0 Å². The normalized spacial score (nSPS) is 24.6. The molecule has 2 unspecified atom stereocenters. The Balaban J connectivity index is 2.14. The number of likely N-dealkylation sites (tertiary alicyclic amines) is 1. The van der Waals surface area contributed by atoms with Crippen LogP contribution >= 0.6 is 0 Å². The van der Waals surface area contributed by atoms with Crippen molar-refractivity contribution in [2.75, 3.05) is 32.7 Å². The average molecular weight is 226 g/mol. The second-order valence-corrected chi connectivity index (χ2v) is 5.49. The number of hydrogen-bond acceptors (Lipinski definition) is 2. The van der Waals surface area contributed by atoms with Crippen LogP contribution in [0, 0.1) is 11.8 Å². The van der Waals surface area contributed by atoms with E-state index in [1.165, 1.54) is 58.4 Å². The third kappa shape index (κ3) is 5.31. The molecule has 1 aliphatic heterocycles. The Morgan fingerprint density at radius 3 is 2.88 bits per heavy atom. The fourth-order valence-corrected chi connectivity index (χ4v) is 2.68. The minimum atomic E-state index is 0.794. The predicted molar refractivity (Wildman–Crippen MR) is 71.8 cm³/mol. The number of nitrogens with one attached hydrogen (secondary N) is 1. The quantitative estimate of drug-likeness (QED) is 0.672. The molecule has 0 bridgehead atoms. The summed E-state index contributed by atoms with van der Waals surface area (Å²) in [4.78, 5) is 2.68. The van der Waals surface area contributed by atoms with E-state index in [1.54, 1.807) is 0 Å². The smallest absolute Gasteiger partial charge is 0.00193 e. The third-order valence-electron chi connectivity index (χ3n) is 3.67. The molecule has 1 heterocycles.